The molecule has 2 N–H and O–H groups in total. The van der Waals surface area contributed by atoms with Crippen LogP contribution in [0.5, 0.6) is 0 Å². The van der Waals surface area contributed by atoms with E-state index in [4.69, 9.17) is 0 Å². The molecule has 1 amide bonds. The maximum Gasteiger partial charge on any atom is 0.262 e. The van der Waals surface area contributed by atoms with Crippen molar-refractivity contribution < 1.29 is 4.79 Å². The number of rotatable bonds is 7. The van der Waals surface area contributed by atoms with Gasteiger partial charge in [-0.2, -0.15) is 0 Å². The molecule has 0 saturated heterocycles. The normalized spacial score (nSPS) is 10.3. The van der Waals surface area contributed by atoms with Crippen molar-refractivity contribution in [3.8, 4) is 0 Å². The van der Waals surface area contributed by atoms with Gasteiger partial charge in [0, 0.05) is 26.1 Å². The molecule has 0 radical (unpaired) electrons. The minimum atomic E-state index is -0.0864. The van der Waals surface area contributed by atoms with Crippen LogP contribution in [-0.2, 0) is 11.3 Å². The van der Waals surface area contributed by atoms with Gasteiger partial charge in [-0.15, -0.1) is 23.7 Å². The molecule has 2 heterocycles. The van der Waals surface area contributed by atoms with E-state index in [-0.39, 0.29) is 30.3 Å². The average Bonchev–Trinajstić information content (AvgIpc) is 2.92. The zero-order valence-electron chi connectivity index (χ0n) is 11.8. The summed E-state index contributed by atoms with van der Waals surface area (Å²) >= 11 is 1.44. The van der Waals surface area contributed by atoms with E-state index >= 15 is 0 Å². The summed E-state index contributed by atoms with van der Waals surface area (Å²) in [6.07, 6.45) is 1.79. The van der Waals surface area contributed by atoms with Crippen LogP contribution in [-0.4, -0.2) is 35.1 Å². The molecular weight excluding hydrogens is 312 g/mol. The smallest absolute Gasteiger partial charge is 0.262 e. The molecule has 0 aliphatic heterocycles. The number of nitrogens with zero attached hydrogens (tertiary/aromatic N) is 2. The Kier molecular flexibility index (Phi) is 7.35. The van der Waals surface area contributed by atoms with E-state index in [2.05, 4.69) is 15.6 Å². The Hall–Kier alpha value is -1.44. The average molecular weight is 331 g/mol. The summed E-state index contributed by atoms with van der Waals surface area (Å²) in [5.41, 5.74) is -0.0864. The fourth-order valence-electron chi connectivity index (χ4n) is 1.83. The molecule has 0 fully saturated rings. The Morgan fingerprint density at radius 2 is 2.24 bits per heavy atom. The molecule has 116 valence electrons. The van der Waals surface area contributed by atoms with E-state index in [1.54, 1.807) is 6.07 Å². The Balaban J connectivity index is 0.00000220. The molecule has 0 aliphatic carbocycles. The molecule has 21 heavy (non-hydrogen) atoms. The standard InChI is InChI=1S/C13H18N4O2S.ClH/c1-2-14-5-6-15-11(18)3-7-17-9-16-12-10(13(17)19)4-8-20-12;/h4,8-9,14H,2-3,5-7H2,1H3,(H,15,18);1H. The lowest BCUT2D eigenvalue weighted by molar-refractivity contribution is -0.121. The number of amides is 1. The number of carbonyl (C=O) groups excluding carboxylic acids is 1. The second-order valence-electron chi connectivity index (χ2n) is 4.34. The van der Waals surface area contributed by atoms with Gasteiger partial charge in [-0.25, -0.2) is 4.98 Å². The van der Waals surface area contributed by atoms with E-state index in [9.17, 15) is 9.59 Å². The first kappa shape index (κ1) is 17.6. The molecule has 2 aromatic heterocycles. The lowest BCUT2D eigenvalue weighted by atomic mass is 10.3. The fourth-order valence-corrected chi connectivity index (χ4v) is 2.55. The van der Waals surface area contributed by atoms with Crippen LogP contribution in [0.2, 0.25) is 0 Å². The summed E-state index contributed by atoms with van der Waals surface area (Å²) in [5.74, 6) is -0.0554. The van der Waals surface area contributed by atoms with Gasteiger partial charge in [-0.05, 0) is 18.0 Å². The molecule has 6 nitrogen and oxygen atoms in total. The van der Waals surface area contributed by atoms with E-state index in [0.29, 0.717) is 18.5 Å². The van der Waals surface area contributed by atoms with Crippen LogP contribution >= 0.6 is 23.7 Å². The molecule has 2 aromatic rings. The summed E-state index contributed by atoms with van der Waals surface area (Å²) < 4.78 is 1.49. The lowest BCUT2D eigenvalue weighted by Crippen LogP contribution is -2.33. The van der Waals surface area contributed by atoms with Crippen molar-refractivity contribution in [1.29, 1.82) is 0 Å². The number of aromatic nitrogens is 2. The molecule has 0 spiro atoms. The van der Waals surface area contributed by atoms with Gasteiger partial charge < -0.3 is 10.6 Å². The monoisotopic (exact) mass is 330 g/mol. The first-order chi connectivity index (χ1) is 9.72. The van der Waals surface area contributed by atoms with Crippen LogP contribution in [0.4, 0.5) is 0 Å². The first-order valence-electron chi connectivity index (χ1n) is 6.62. The number of hydrogen-bond donors (Lipinski definition) is 2. The quantitative estimate of drug-likeness (QED) is 0.742. The molecule has 8 heteroatoms. The summed E-state index contributed by atoms with van der Waals surface area (Å²) in [4.78, 5) is 28.7. The number of nitrogens with one attached hydrogen (secondary N) is 2. The number of fused-ring (bicyclic) bond motifs is 1. The number of hydrogen-bond acceptors (Lipinski definition) is 5. The number of carbonyl (C=O) groups is 1. The van der Waals surface area contributed by atoms with Crippen molar-refractivity contribution in [3.63, 3.8) is 0 Å². The molecule has 0 bridgehead atoms. The van der Waals surface area contributed by atoms with Crippen LogP contribution < -0.4 is 16.2 Å². The Morgan fingerprint density at radius 1 is 1.43 bits per heavy atom. The van der Waals surface area contributed by atoms with Crippen LogP contribution in [0, 0.1) is 0 Å². The molecule has 0 aliphatic rings. The lowest BCUT2D eigenvalue weighted by Gasteiger charge is -2.07. The molecule has 0 atom stereocenters. The van der Waals surface area contributed by atoms with Crippen molar-refractivity contribution in [2.24, 2.45) is 0 Å². The predicted octanol–water partition coefficient (Wildman–Crippen LogP) is 0.996. The van der Waals surface area contributed by atoms with E-state index in [1.165, 1.54) is 22.2 Å². The highest BCUT2D eigenvalue weighted by Gasteiger charge is 2.06. The highest BCUT2D eigenvalue weighted by Crippen LogP contribution is 2.13. The summed E-state index contributed by atoms with van der Waals surface area (Å²) in [5, 5.41) is 8.39. The summed E-state index contributed by atoms with van der Waals surface area (Å²) in [6.45, 7) is 4.61. The predicted molar refractivity (Wildman–Crippen MR) is 87.3 cm³/mol. The van der Waals surface area contributed by atoms with Gasteiger partial charge in [0.05, 0.1) is 11.7 Å². The van der Waals surface area contributed by atoms with Crippen molar-refractivity contribution in [2.75, 3.05) is 19.6 Å². The van der Waals surface area contributed by atoms with Crippen LogP contribution in [0.1, 0.15) is 13.3 Å². The van der Waals surface area contributed by atoms with Crippen LogP contribution in [0.15, 0.2) is 22.6 Å². The zero-order chi connectivity index (χ0) is 14.4. The van der Waals surface area contributed by atoms with Crippen molar-refractivity contribution >= 4 is 39.9 Å². The van der Waals surface area contributed by atoms with E-state index in [0.717, 1.165) is 17.9 Å². The number of likely N-dealkylation sites (N-methyl/N-ethyl adjacent to an activating group) is 1. The third-order valence-corrected chi connectivity index (χ3v) is 3.72. The first-order valence-corrected chi connectivity index (χ1v) is 7.50. The van der Waals surface area contributed by atoms with Gasteiger partial charge in [0.25, 0.3) is 5.56 Å². The fraction of sp³-hybridized carbons (Fsp3) is 0.462. The molecule has 0 aromatic carbocycles. The largest absolute Gasteiger partial charge is 0.355 e. The Labute approximate surface area is 133 Å². The van der Waals surface area contributed by atoms with Crippen molar-refractivity contribution in [2.45, 2.75) is 19.9 Å². The highest BCUT2D eigenvalue weighted by atomic mass is 35.5. The molecule has 2 rings (SSSR count). The maximum atomic E-state index is 12.1. The van der Waals surface area contributed by atoms with Crippen LogP contribution in [0.3, 0.4) is 0 Å². The van der Waals surface area contributed by atoms with Crippen molar-refractivity contribution in [3.05, 3.63) is 28.1 Å². The van der Waals surface area contributed by atoms with Gasteiger partial charge in [-0.3, -0.25) is 14.2 Å². The topological polar surface area (TPSA) is 76.0 Å². The zero-order valence-corrected chi connectivity index (χ0v) is 13.4. The van der Waals surface area contributed by atoms with Gasteiger partial charge in [0.1, 0.15) is 4.83 Å². The van der Waals surface area contributed by atoms with Crippen LogP contribution in [0.25, 0.3) is 10.2 Å². The number of aryl methyl sites for hydroxylation is 1. The van der Waals surface area contributed by atoms with Crippen molar-refractivity contribution in [1.82, 2.24) is 20.2 Å². The van der Waals surface area contributed by atoms with Gasteiger partial charge >= 0.3 is 0 Å². The van der Waals surface area contributed by atoms with Gasteiger partial charge in [0.15, 0.2) is 0 Å². The Bertz CT molecular complexity index is 640. The second-order valence-corrected chi connectivity index (χ2v) is 5.23. The maximum absolute atomic E-state index is 12.1. The summed E-state index contributed by atoms with van der Waals surface area (Å²) in [7, 11) is 0. The SMILES string of the molecule is CCNCCNC(=O)CCn1cnc2sccc2c1=O.Cl. The number of halogens is 1. The summed E-state index contributed by atoms with van der Waals surface area (Å²) in [6, 6.07) is 1.77. The highest BCUT2D eigenvalue weighted by molar-refractivity contribution is 7.16. The third kappa shape index (κ3) is 4.80. The van der Waals surface area contributed by atoms with Gasteiger partial charge in [0.2, 0.25) is 5.91 Å². The molecule has 0 saturated carbocycles. The van der Waals surface area contributed by atoms with E-state index < -0.39 is 0 Å². The Morgan fingerprint density at radius 3 is 3.00 bits per heavy atom. The van der Waals surface area contributed by atoms with E-state index in [1.807, 2.05) is 12.3 Å². The third-order valence-electron chi connectivity index (χ3n) is 2.90. The number of thiophene rings is 1. The molecule has 0 unspecified atom stereocenters. The van der Waals surface area contributed by atoms with Gasteiger partial charge in [-0.1, -0.05) is 6.92 Å². The molecular formula is C13H19ClN4O2S. The second kappa shape index (κ2) is 8.76. The minimum Gasteiger partial charge on any atom is -0.355 e. The minimum absolute atomic E-state index is 0.